The molecular weight excluding hydrogens is 334 g/mol. The van der Waals surface area contributed by atoms with Gasteiger partial charge in [0.1, 0.15) is 0 Å². The molecule has 0 radical (unpaired) electrons. The van der Waals surface area contributed by atoms with E-state index in [-0.39, 0.29) is 5.91 Å². The maximum Gasteiger partial charge on any atom is 0.253 e. The zero-order chi connectivity index (χ0) is 18.6. The Balaban J connectivity index is 1.50. The van der Waals surface area contributed by atoms with Crippen molar-refractivity contribution in [2.75, 3.05) is 13.1 Å². The smallest absolute Gasteiger partial charge is 0.253 e. The Hall–Kier alpha value is -2.10. The van der Waals surface area contributed by atoms with Gasteiger partial charge in [0.15, 0.2) is 0 Å². The van der Waals surface area contributed by atoms with Gasteiger partial charge in [0.05, 0.1) is 12.2 Å². The molecule has 0 saturated carbocycles. The van der Waals surface area contributed by atoms with Gasteiger partial charge < -0.3 is 4.90 Å². The summed E-state index contributed by atoms with van der Waals surface area (Å²) in [4.78, 5) is 14.5. The minimum absolute atomic E-state index is 0.178. The topological polar surface area (TPSA) is 38.1 Å². The number of carbonyl (C=O) groups excluding carboxylic acids is 1. The van der Waals surface area contributed by atoms with Crippen molar-refractivity contribution in [2.24, 2.45) is 0 Å². The van der Waals surface area contributed by atoms with Gasteiger partial charge in [-0.05, 0) is 74.6 Å². The van der Waals surface area contributed by atoms with Gasteiger partial charge in [-0.2, -0.15) is 5.10 Å². The summed E-state index contributed by atoms with van der Waals surface area (Å²) in [5.41, 5.74) is 6.34. The minimum Gasteiger partial charge on any atom is -0.339 e. The molecule has 27 heavy (non-hydrogen) atoms. The number of amides is 1. The van der Waals surface area contributed by atoms with Gasteiger partial charge in [0.25, 0.3) is 5.91 Å². The van der Waals surface area contributed by atoms with Crippen LogP contribution < -0.4 is 0 Å². The summed E-state index contributed by atoms with van der Waals surface area (Å²) < 4.78 is 2.23. The third-order valence-electron chi connectivity index (χ3n) is 6.03. The number of hydrogen-bond acceptors (Lipinski definition) is 2. The van der Waals surface area contributed by atoms with Crippen molar-refractivity contribution in [1.82, 2.24) is 14.7 Å². The summed E-state index contributed by atoms with van der Waals surface area (Å²) in [6, 6.07) is 8.19. The lowest BCUT2D eigenvalue weighted by atomic mass is 9.94. The molecule has 2 aliphatic rings. The van der Waals surface area contributed by atoms with E-state index >= 15 is 0 Å². The Kier molecular flexibility index (Phi) is 5.61. The summed E-state index contributed by atoms with van der Waals surface area (Å²) in [7, 11) is 0. The summed E-state index contributed by atoms with van der Waals surface area (Å²) in [5.74, 6) is 0.178. The molecule has 4 rings (SSSR count). The number of hydrogen-bond donors (Lipinski definition) is 0. The number of carbonyl (C=O) groups is 1. The van der Waals surface area contributed by atoms with E-state index in [0.29, 0.717) is 0 Å². The van der Waals surface area contributed by atoms with Crippen molar-refractivity contribution in [3.05, 3.63) is 52.3 Å². The summed E-state index contributed by atoms with van der Waals surface area (Å²) >= 11 is 0. The van der Waals surface area contributed by atoms with Crippen molar-refractivity contribution in [3.8, 4) is 0 Å². The monoisotopic (exact) mass is 365 g/mol. The van der Waals surface area contributed by atoms with Gasteiger partial charge in [-0.25, -0.2) is 0 Å². The number of nitrogens with zero attached hydrogens (tertiary/aromatic N) is 3. The van der Waals surface area contributed by atoms with Crippen LogP contribution >= 0.6 is 0 Å². The Bertz CT molecular complexity index is 785. The number of unbranched alkanes of at least 4 members (excludes halogenated alkanes) is 1. The average molecular weight is 366 g/mol. The highest BCUT2D eigenvalue weighted by Gasteiger charge is 2.21. The normalized spacial score (nSPS) is 16.6. The van der Waals surface area contributed by atoms with Crippen molar-refractivity contribution < 1.29 is 4.79 Å². The predicted molar refractivity (Wildman–Crippen MR) is 108 cm³/mol. The second-order valence-corrected chi connectivity index (χ2v) is 8.04. The van der Waals surface area contributed by atoms with E-state index in [1.54, 1.807) is 0 Å². The van der Waals surface area contributed by atoms with Crippen LogP contribution in [0, 0.1) is 0 Å². The molecule has 1 aliphatic carbocycles. The van der Waals surface area contributed by atoms with Gasteiger partial charge >= 0.3 is 0 Å². The molecule has 1 fully saturated rings. The number of likely N-dealkylation sites (tertiary alicyclic amines) is 1. The molecule has 1 amide bonds. The highest BCUT2D eigenvalue weighted by Crippen LogP contribution is 2.26. The molecule has 0 N–H and O–H groups in total. The van der Waals surface area contributed by atoms with Gasteiger partial charge in [0, 0.05) is 24.3 Å². The second-order valence-electron chi connectivity index (χ2n) is 8.04. The number of aryl methyl sites for hydroxylation is 1. The molecule has 0 unspecified atom stereocenters. The Morgan fingerprint density at radius 1 is 1.04 bits per heavy atom. The fourth-order valence-electron chi connectivity index (χ4n) is 4.46. The molecule has 0 atom stereocenters. The van der Waals surface area contributed by atoms with Crippen molar-refractivity contribution in [3.63, 3.8) is 0 Å². The Morgan fingerprint density at radius 3 is 2.52 bits per heavy atom. The van der Waals surface area contributed by atoms with Crippen LogP contribution in [0.3, 0.4) is 0 Å². The molecule has 4 nitrogen and oxygen atoms in total. The van der Waals surface area contributed by atoms with E-state index in [2.05, 4.69) is 23.7 Å². The van der Waals surface area contributed by atoms with E-state index in [9.17, 15) is 4.79 Å². The van der Waals surface area contributed by atoms with Crippen molar-refractivity contribution in [1.29, 1.82) is 0 Å². The van der Waals surface area contributed by atoms with Gasteiger partial charge in [-0.15, -0.1) is 0 Å². The molecule has 1 aliphatic heterocycles. The Labute approximate surface area is 162 Å². The first kappa shape index (κ1) is 18.3. The van der Waals surface area contributed by atoms with Crippen LogP contribution in [0.5, 0.6) is 0 Å². The molecule has 1 aromatic heterocycles. The van der Waals surface area contributed by atoms with E-state index in [1.165, 1.54) is 54.6 Å². The van der Waals surface area contributed by atoms with Crippen LogP contribution in [0.25, 0.3) is 0 Å². The summed E-state index contributed by atoms with van der Waals surface area (Å²) in [6.45, 7) is 4.86. The van der Waals surface area contributed by atoms with Crippen LogP contribution in [-0.4, -0.2) is 33.7 Å². The summed E-state index contributed by atoms with van der Waals surface area (Å²) in [6.07, 6.45) is 10.7. The molecular formula is C23H31N3O. The van der Waals surface area contributed by atoms with Gasteiger partial charge in [-0.1, -0.05) is 25.5 Å². The maximum absolute atomic E-state index is 12.5. The number of rotatable bonds is 6. The van der Waals surface area contributed by atoms with Crippen LogP contribution in [0.2, 0.25) is 0 Å². The highest BCUT2D eigenvalue weighted by molar-refractivity contribution is 5.94. The lowest BCUT2D eigenvalue weighted by Crippen LogP contribution is -2.27. The standard InChI is InChI=1S/C23H31N3O/c1-2-3-9-21-20-8-4-5-10-22(20)26(24-21)17-18-11-13-19(14-12-18)23(27)25-15-6-7-16-25/h11-14H,2-10,15-17H2,1H3. The quantitative estimate of drug-likeness (QED) is 0.761. The first-order chi connectivity index (χ1) is 13.3. The van der Waals surface area contributed by atoms with Crippen LogP contribution in [0.1, 0.15) is 78.3 Å². The molecule has 4 heteroatoms. The SMILES string of the molecule is CCCCc1nn(Cc2ccc(C(=O)N3CCCC3)cc2)c2c1CCCC2. The molecule has 144 valence electrons. The zero-order valence-electron chi connectivity index (χ0n) is 16.5. The van der Waals surface area contributed by atoms with Crippen LogP contribution in [0.15, 0.2) is 24.3 Å². The first-order valence-corrected chi connectivity index (χ1v) is 10.7. The molecule has 2 aromatic rings. The molecule has 0 spiro atoms. The van der Waals surface area contributed by atoms with Crippen molar-refractivity contribution >= 4 is 5.91 Å². The largest absolute Gasteiger partial charge is 0.339 e. The third-order valence-corrected chi connectivity index (χ3v) is 6.03. The van der Waals surface area contributed by atoms with E-state index < -0.39 is 0 Å². The fourth-order valence-corrected chi connectivity index (χ4v) is 4.46. The van der Waals surface area contributed by atoms with Gasteiger partial charge in [0.2, 0.25) is 0 Å². The van der Waals surface area contributed by atoms with E-state index in [1.807, 2.05) is 17.0 Å². The molecule has 1 saturated heterocycles. The van der Waals surface area contributed by atoms with Crippen LogP contribution in [-0.2, 0) is 25.8 Å². The predicted octanol–water partition coefficient (Wildman–Crippen LogP) is 4.39. The zero-order valence-corrected chi connectivity index (χ0v) is 16.5. The maximum atomic E-state index is 12.5. The lowest BCUT2D eigenvalue weighted by Gasteiger charge is -2.16. The third kappa shape index (κ3) is 3.95. The second kappa shape index (κ2) is 8.28. The van der Waals surface area contributed by atoms with Gasteiger partial charge in [-0.3, -0.25) is 9.48 Å². The minimum atomic E-state index is 0.178. The van der Waals surface area contributed by atoms with E-state index in [4.69, 9.17) is 5.10 Å². The Morgan fingerprint density at radius 2 is 1.78 bits per heavy atom. The molecule has 1 aromatic carbocycles. The van der Waals surface area contributed by atoms with E-state index in [0.717, 1.165) is 50.9 Å². The lowest BCUT2D eigenvalue weighted by molar-refractivity contribution is 0.0793. The fraction of sp³-hybridized carbons (Fsp3) is 0.565. The van der Waals surface area contributed by atoms with Crippen LogP contribution in [0.4, 0.5) is 0 Å². The number of aromatic nitrogens is 2. The average Bonchev–Trinajstić information content (AvgIpc) is 3.35. The molecule has 2 heterocycles. The molecule has 0 bridgehead atoms. The number of fused-ring (bicyclic) bond motifs is 1. The van der Waals surface area contributed by atoms with Crippen molar-refractivity contribution in [2.45, 2.75) is 71.3 Å². The number of benzene rings is 1. The summed E-state index contributed by atoms with van der Waals surface area (Å²) in [5, 5.41) is 4.99. The highest BCUT2D eigenvalue weighted by atomic mass is 16.2. The first-order valence-electron chi connectivity index (χ1n) is 10.7.